The van der Waals surface area contributed by atoms with E-state index in [1.165, 1.54) is 23.6 Å². The van der Waals surface area contributed by atoms with Gasteiger partial charge in [-0.3, -0.25) is 4.79 Å². The van der Waals surface area contributed by atoms with Crippen LogP contribution < -0.4 is 0 Å². The Kier molecular flexibility index (Phi) is 4.48. The van der Waals surface area contributed by atoms with Crippen molar-refractivity contribution < 1.29 is 9.90 Å². The highest BCUT2D eigenvalue weighted by Crippen LogP contribution is 2.25. The standard InChI is InChI=1S/C21H26N2O2/c24-20(14-17-7-8-18-5-1-2-6-19(18)13-17)23-12-9-21(25,16-23)15-22-10-3-4-11-22/h1-2,5-8,13,25H,3-4,9-12,14-16H2. The van der Waals surface area contributed by atoms with Crippen molar-refractivity contribution in [3.63, 3.8) is 0 Å². The Morgan fingerprint density at radius 1 is 1.04 bits per heavy atom. The summed E-state index contributed by atoms with van der Waals surface area (Å²) in [6, 6.07) is 14.4. The Morgan fingerprint density at radius 2 is 1.80 bits per heavy atom. The molecule has 0 spiro atoms. The lowest BCUT2D eigenvalue weighted by molar-refractivity contribution is -0.130. The first-order chi connectivity index (χ1) is 12.1. The van der Waals surface area contributed by atoms with Gasteiger partial charge in [-0.25, -0.2) is 0 Å². The number of aliphatic hydroxyl groups is 1. The number of likely N-dealkylation sites (tertiary alicyclic amines) is 2. The van der Waals surface area contributed by atoms with Gasteiger partial charge in [0.1, 0.15) is 0 Å². The van der Waals surface area contributed by atoms with Crippen molar-refractivity contribution in [1.82, 2.24) is 9.80 Å². The van der Waals surface area contributed by atoms with Crippen LogP contribution in [0.3, 0.4) is 0 Å². The molecule has 0 aliphatic carbocycles. The van der Waals surface area contributed by atoms with Gasteiger partial charge in [0.15, 0.2) is 0 Å². The highest BCUT2D eigenvalue weighted by atomic mass is 16.3. The van der Waals surface area contributed by atoms with Crippen molar-refractivity contribution in [2.24, 2.45) is 0 Å². The molecule has 1 atom stereocenters. The van der Waals surface area contributed by atoms with Crippen LogP contribution in [0.15, 0.2) is 42.5 Å². The van der Waals surface area contributed by atoms with Gasteiger partial charge in [0, 0.05) is 13.1 Å². The van der Waals surface area contributed by atoms with Gasteiger partial charge in [-0.1, -0.05) is 42.5 Å². The molecular weight excluding hydrogens is 312 g/mol. The van der Waals surface area contributed by atoms with Crippen LogP contribution in [0.5, 0.6) is 0 Å². The smallest absolute Gasteiger partial charge is 0.227 e. The fourth-order valence-corrected chi connectivity index (χ4v) is 4.19. The van der Waals surface area contributed by atoms with Crippen molar-refractivity contribution in [2.45, 2.75) is 31.3 Å². The van der Waals surface area contributed by atoms with E-state index in [0.717, 1.165) is 18.7 Å². The van der Waals surface area contributed by atoms with E-state index in [-0.39, 0.29) is 5.91 Å². The molecule has 1 N–H and O–H groups in total. The van der Waals surface area contributed by atoms with Crippen LogP contribution in [0.1, 0.15) is 24.8 Å². The third-order valence-corrected chi connectivity index (χ3v) is 5.57. The number of carbonyl (C=O) groups is 1. The molecule has 2 aromatic rings. The Bertz CT molecular complexity index is 769. The van der Waals surface area contributed by atoms with Crippen LogP contribution in [-0.2, 0) is 11.2 Å². The number of hydrogen-bond donors (Lipinski definition) is 1. The van der Waals surface area contributed by atoms with Crippen molar-refractivity contribution in [1.29, 1.82) is 0 Å². The monoisotopic (exact) mass is 338 g/mol. The van der Waals surface area contributed by atoms with E-state index in [9.17, 15) is 9.90 Å². The third kappa shape index (κ3) is 3.70. The Morgan fingerprint density at radius 3 is 2.60 bits per heavy atom. The zero-order valence-electron chi connectivity index (χ0n) is 14.7. The molecule has 2 aliphatic rings. The zero-order chi connectivity index (χ0) is 17.3. The quantitative estimate of drug-likeness (QED) is 0.931. The van der Waals surface area contributed by atoms with Gasteiger partial charge in [0.05, 0.1) is 18.6 Å². The average molecular weight is 338 g/mol. The molecule has 4 rings (SSSR count). The third-order valence-electron chi connectivity index (χ3n) is 5.57. The van der Waals surface area contributed by atoms with Crippen molar-refractivity contribution in [3.05, 3.63) is 48.0 Å². The van der Waals surface area contributed by atoms with Crippen LogP contribution in [-0.4, -0.2) is 59.1 Å². The van der Waals surface area contributed by atoms with Crippen molar-refractivity contribution in [3.8, 4) is 0 Å². The second-order valence-corrected chi connectivity index (χ2v) is 7.63. The molecule has 1 unspecified atom stereocenters. The van der Waals surface area contributed by atoms with Crippen LogP contribution in [0.2, 0.25) is 0 Å². The molecule has 4 nitrogen and oxygen atoms in total. The first-order valence-corrected chi connectivity index (χ1v) is 9.32. The molecule has 2 saturated heterocycles. The maximum absolute atomic E-state index is 12.7. The summed E-state index contributed by atoms with van der Waals surface area (Å²) in [6.45, 7) is 3.99. The topological polar surface area (TPSA) is 43.8 Å². The van der Waals surface area contributed by atoms with Gasteiger partial charge in [-0.2, -0.15) is 0 Å². The number of carbonyl (C=O) groups excluding carboxylic acids is 1. The molecule has 0 radical (unpaired) electrons. The minimum Gasteiger partial charge on any atom is -0.387 e. The Labute approximate surface area is 149 Å². The number of amides is 1. The number of benzene rings is 2. The summed E-state index contributed by atoms with van der Waals surface area (Å²) in [5.74, 6) is 0.118. The average Bonchev–Trinajstić information content (AvgIpc) is 3.25. The number of nitrogens with zero attached hydrogens (tertiary/aromatic N) is 2. The minimum atomic E-state index is -0.733. The summed E-state index contributed by atoms with van der Waals surface area (Å²) in [5.41, 5.74) is 0.308. The molecule has 0 saturated carbocycles. The predicted octanol–water partition coefficient (Wildman–Crippen LogP) is 2.44. The highest BCUT2D eigenvalue weighted by molar-refractivity contribution is 5.85. The van der Waals surface area contributed by atoms with Crippen LogP contribution in [0, 0.1) is 0 Å². The minimum absolute atomic E-state index is 0.118. The van der Waals surface area contributed by atoms with Gasteiger partial charge < -0.3 is 14.9 Å². The van der Waals surface area contributed by atoms with Gasteiger partial charge in [-0.05, 0) is 48.7 Å². The van der Waals surface area contributed by atoms with Crippen LogP contribution in [0.25, 0.3) is 10.8 Å². The fraction of sp³-hybridized carbons (Fsp3) is 0.476. The lowest BCUT2D eigenvalue weighted by Gasteiger charge is -2.28. The SMILES string of the molecule is O=C(Cc1ccc2ccccc2c1)N1CCC(O)(CN2CCCC2)C1. The van der Waals surface area contributed by atoms with E-state index in [4.69, 9.17) is 0 Å². The first kappa shape index (κ1) is 16.6. The van der Waals surface area contributed by atoms with Crippen LogP contribution in [0.4, 0.5) is 0 Å². The number of fused-ring (bicyclic) bond motifs is 1. The Balaban J connectivity index is 1.39. The normalized spacial score (nSPS) is 24.3. The molecule has 2 aromatic carbocycles. The molecular formula is C21H26N2O2. The number of rotatable bonds is 4. The highest BCUT2D eigenvalue weighted by Gasteiger charge is 2.39. The Hall–Kier alpha value is -1.91. The fourth-order valence-electron chi connectivity index (χ4n) is 4.19. The molecule has 2 aliphatic heterocycles. The van der Waals surface area contributed by atoms with E-state index < -0.39 is 5.60 Å². The van der Waals surface area contributed by atoms with Gasteiger partial charge in [0.2, 0.25) is 5.91 Å². The summed E-state index contributed by atoms with van der Waals surface area (Å²) >= 11 is 0. The van der Waals surface area contributed by atoms with Crippen molar-refractivity contribution in [2.75, 3.05) is 32.7 Å². The van der Waals surface area contributed by atoms with Crippen molar-refractivity contribution >= 4 is 16.7 Å². The number of hydrogen-bond acceptors (Lipinski definition) is 3. The second-order valence-electron chi connectivity index (χ2n) is 7.63. The predicted molar refractivity (Wildman–Crippen MR) is 99.5 cm³/mol. The summed E-state index contributed by atoms with van der Waals surface area (Å²) < 4.78 is 0. The molecule has 0 aromatic heterocycles. The lowest BCUT2D eigenvalue weighted by atomic mass is 10.0. The van der Waals surface area contributed by atoms with Gasteiger partial charge in [-0.15, -0.1) is 0 Å². The maximum Gasteiger partial charge on any atom is 0.227 e. The first-order valence-electron chi connectivity index (χ1n) is 9.32. The maximum atomic E-state index is 12.7. The van der Waals surface area contributed by atoms with Crippen LogP contribution >= 0.6 is 0 Å². The van der Waals surface area contributed by atoms with Gasteiger partial charge in [0.25, 0.3) is 0 Å². The summed E-state index contributed by atoms with van der Waals surface area (Å²) in [7, 11) is 0. The largest absolute Gasteiger partial charge is 0.387 e. The summed E-state index contributed by atoms with van der Waals surface area (Å²) in [6.07, 6.45) is 3.54. The molecule has 2 fully saturated rings. The lowest BCUT2D eigenvalue weighted by Crippen LogP contribution is -2.45. The molecule has 132 valence electrons. The molecule has 4 heteroatoms. The number of β-amino-alcohol motifs (C(OH)–C–C–N with tert-alkyl or cyclic N) is 1. The van der Waals surface area contributed by atoms with E-state index in [1.807, 2.05) is 23.1 Å². The van der Waals surface area contributed by atoms with E-state index >= 15 is 0 Å². The molecule has 1 amide bonds. The summed E-state index contributed by atoms with van der Waals surface area (Å²) in [5, 5.41) is 13.2. The molecule has 25 heavy (non-hydrogen) atoms. The molecule has 0 bridgehead atoms. The zero-order valence-corrected chi connectivity index (χ0v) is 14.7. The summed E-state index contributed by atoms with van der Waals surface area (Å²) in [4.78, 5) is 16.8. The van der Waals surface area contributed by atoms with E-state index in [2.05, 4.69) is 29.2 Å². The second kappa shape index (κ2) is 6.77. The molecule has 2 heterocycles. The van der Waals surface area contributed by atoms with E-state index in [0.29, 0.717) is 32.5 Å². The van der Waals surface area contributed by atoms with E-state index in [1.54, 1.807) is 0 Å². The van der Waals surface area contributed by atoms with Gasteiger partial charge >= 0.3 is 0 Å².